The third-order valence-corrected chi connectivity index (χ3v) is 3.81. The maximum absolute atomic E-state index is 12.2. The molecule has 0 bridgehead atoms. The average molecular weight is 340 g/mol. The van der Waals surface area contributed by atoms with E-state index in [0.717, 1.165) is 5.56 Å². The summed E-state index contributed by atoms with van der Waals surface area (Å²) in [4.78, 5) is 27.2. The van der Waals surface area contributed by atoms with Crippen molar-refractivity contribution >= 4 is 17.6 Å². The van der Waals surface area contributed by atoms with Crippen molar-refractivity contribution < 1.29 is 14.3 Å². The van der Waals surface area contributed by atoms with Gasteiger partial charge >= 0.3 is 6.03 Å². The summed E-state index contributed by atoms with van der Waals surface area (Å²) in [6.07, 6.45) is 3.94. The lowest BCUT2D eigenvalue weighted by Gasteiger charge is -2.08. The van der Waals surface area contributed by atoms with E-state index < -0.39 is 6.03 Å². The highest BCUT2D eigenvalue weighted by Crippen LogP contribution is 2.29. The summed E-state index contributed by atoms with van der Waals surface area (Å²) < 4.78 is 5.55. The number of ether oxygens (including phenoxy) is 1. The maximum atomic E-state index is 12.2. The number of anilines is 1. The molecule has 1 aliphatic rings. The Kier molecular flexibility index (Phi) is 5.13. The van der Waals surface area contributed by atoms with Crippen LogP contribution in [0.2, 0.25) is 0 Å². The third-order valence-electron chi connectivity index (χ3n) is 3.81. The monoisotopic (exact) mass is 340 g/mol. The van der Waals surface area contributed by atoms with Crippen LogP contribution in [0.3, 0.4) is 0 Å². The number of carbonyl (C=O) groups excluding carboxylic acids is 2. The van der Waals surface area contributed by atoms with E-state index in [2.05, 4.69) is 15.6 Å². The smallest absolute Gasteiger partial charge is 0.316 e. The van der Waals surface area contributed by atoms with Crippen LogP contribution in [0.4, 0.5) is 10.5 Å². The first kappa shape index (κ1) is 16.8. The fourth-order valence-electron chi connectivity index (χ4n) is 2.27. The molecule has 0 spiro atoms. The van der Waals surface area contributed by atoms with Gasteiger partial charge in [0.15, 0.2) is 0 Å². The van der Waals surface area contributed by atoms with Crippen molar-refractivity contribution in [2.75, 3.05) is 11.9 Å². The minimum absolute atomic E-state index is 0.227. The highest BCUT2D eigenvalue weighted by molar-refractivity contribution is 5.93. The molecule has 3 amide bonds. The summed E-state index contributed by atoms with van der Waals surface area (Å²) in [6, 6.07) is 9.86. The first-order valence-corrected chi connectivity index (χ1v) is 8.12. The molecule has 1 aliphatic carbocycles. The molecule has 4 N–H and O–H groups in total. The number of benzene rings is 1. The molecule has 2 aromatic rings. The van der Waals surface area contributed by atoms with Crippen LogP contribution in [0.25, 0.3) is 0 Å². The molecule has 7 nitrogen and oxygen atoms in total. The highest BCUT2D eigenvalue weighted by atomic mass is 16.5. The van der Waals surface area contributed by atoms with Gasteiger partial charge in [-0.15, -0.1) is 0 Å². The van der Waals surface area contributed by atoms with E-state index in [1.807, 2.05) is 6.07 Å². The van der Waals surface area contributed by atoms with Gasteiger partial charge in [0.25, 0.3) is 5.91 Å². The van der Waals surface area contributed by atoms with Gasteiger partial charge in [0.2, 0.25) is 5.88 Å². The topological polar surface area (TPSA) is 106 Å². The third kappa shape index (κ3) is 5.20. The fraction of sp³-hybridized carbons (Fsp3) is 0.278. The second-order valence-corrected chi connectivity index (χ2v) is 6.01. The molecule has 0 aliphatic heterocycles. The Morgan fingerprint density at radius 3 is 2.76 bits per heavy atom. The molecule has 0 saturated heterocycles. The van der Waals surface area contributed by atoms with E-state index in [1.54, 1.807) is 30.3 Å². The van der Waals surface area contributed by atoms with E-state index in [4.69, 9.17) is 10.5 Å². The van der Waals surface area contributed by atoms with Crippen LogP contribution in [0, 0.1) is 5.92 Å². The van der Waals surface area contributed by atoms with Crippen LogP contribution in [0.1, 0.15) is 28.8 Å². The zero-order valence-corrected chi connectivity index (χ0v) is 13.7. The first-order valence-electron chi connectivity index (χ1n) is 8.12. The van der Waals surface area contributed by atoms with Crippen molar-refractivity contribution in [2.24, 2.45) is 11.7 Å². The zero-order chi connectivity index (χ0) is 17.6. The summed E-state index contributed by atoms with van der Waals surface area (Å²) >= 11 is 0. The van der Waals surface area contributed by atoms with Crippen LogP contribution in [-0.4, -0.2) is 23.5 Å². The summed E-state index contributed by atoms with van der Waals surface area (Å²) in [7, 11) is 0. The molecule has 25 heavy (non-hydrogen) atoms. The number of amides is 3. The van der Waals surface area contributed by atoms with Crippen LogP contribution in [0.5, 0.6) is 5.88 Å². The number of nitrogens with one attached hydrogen (secondary N) is 2. The van der Waals surface area contributed by atoms with Gasteiger partial charge in [-0.05, 0) is 42.5 Å². The molecule has 1 aromatic heterocycles. The summed E-state index contributed by atoms with van der Waals surface area (Å²) in [5.41, 5.74) is 6.98. The molecule has 0 atom stereocenters. The lowest BCUT2D eigenvalue weighted by Crippen LogP contribution is -2.23. The van der Waals surface area contributed by atoms with Gasteiger partial charge < -0.3 is 21.1 Å². The van der Waals surface area contributed by atoms with E-state index in [0.29, 0.717) is 36.2 Å². The second kappa shape index (κ2) is 7.65. The van der Waals surface area contributed by atoms with Crippen LogP contribution in [-0.2, 0) is 6.54 Å². The van der Waals surface area contributed by atoms with E-state index in [1.165, 1.54) is 19.0 Å². The lowest BCUT2D eigenvalue weighted by atomic mass is 10.2. The van der Waals surface area contributed by atoms with Gasteiger partial charge in [0, 0.05) is 24.5 Å². The van der Waals surface area contributed by atoms with Gasteiger partial charge in [-0.25, -0.2) is 9.78 Å². The van der Waals surface area contributed by atoms with Crippen molar-refractivity contribution in [3.8, 4) is 5.88 Å². The van der Waals surface area contributed by atoms with Crippen LogP contribution in [0.15, 0.2) is 42.6 Å². The number of nitrogens with zero attached hydrogens (tertiary/aromatic N) is 1. The minimum atomic E-state index is -0.628. The molecular formula is C18H20N4O3. The summed E-state index contributed by atoms with van der Waals surface area (Å²) in [5, 5.41) is 5.31. The van der Waals surface area contributed by atoms with E-state index in [-0.39, 0.29) is 5.91 Å². The number of rotatable bonds is 7. The molecule has 130 valence electrons. The number of aromatic nitrogens is 1. The molecule has 1 aromatic carbocycles. The number of carbonyl (C=O) groups is 2. The number of nitrogens with two attached hydrogens (primary N) is 1. The van der Waals surface area contributed by atoms with Gasteiger partial charge in [0.1, 0.15) is 0 Å². The Balaban J connectivity index is 1.52. The second-order valence-electron chi connectivity index (χ2n) is 6.01. The minimum Gasteiger partial charge on any atom is -0.477 e. The van der Waals surface area contributed by atoms with E-state index >= 15 is 0 Å². The Morgan fingerprint density at radius 1 is 1.24 bits per heavy atom. The van der Waals surface area contributed by atoms with Gasteiger partial charge in [-0.1, -0.05) is 12.1 Å². The van der Waals surface area contributed by atoms with Crippen molar-refractivity contribution in [1.29, 1.82) is 0 Å². The number of hydrogen-bond donors (Lipinski definition) is 3. The quantitative estimate of drug-likeness (QED) is 0.719. The summed E-state index contributed by atoms with van der Waals surface area (Å²) in [5.74, 6) is 0.966. The Hall–Kier alpha value is -3.09. The van der Waals surface area contributed by atoms with Gasteiger partial charge in [-0.3, -0.25) is 4.79 Å². The summed E-state index contributed by atoms with van der Waals surface area (Å²) in [6.45, 7) is 1.02. The molecule has 0 radical (unpaired) electrons. The zero-order valence-electron chi connectivity index (χ0n) is 13.7. The largest absolute Gasteiger partial charge is 0.477 e. The normalized spacial score (nSPS) is 13.1. The first-order chi connectivity index (χ1) is 12.1. The molecule has 1 saturated carbocycles. The molecule has 3 rings (SSSR count). The predicted octanol–water partition coefficient (Wildman–Crippen LogP) is 2.29. The molecular weight excluding hydrogens is 320 g/mol. The Bertz CT molecular complexity index is 757. The number of hydrogen-bond acceptors (Lipinski definition) is 4. The van der Waals surface area contributed by atoms with Crippen LogP contribution >= 0.6 is 0 Å². The highest BCUT2D eigenvalue weighted by Gasteiger charge is 2.22. The number of primary amides is 1. The lowest BCUT2D eigenvalue weighted by molar-refractivity contribution is 0.0950. The number of pyridine rings is 1. The number of urea groups is 1. The van der Waals surface area contributed by atoms with Crippen molar-refractivity contribution in [1.82, 2.24) is 10.3 Å². The molecule has 0 unspecified atom stereocenters. The van der Waals surface area contributed by atoms with Crippen molar-refractivity contribution in [3.05, 3.63) is 53.7 Å². The predicted molar refractivity (Wildman–Crippen MR) is 93.3 cm³/mol. The standard InChI is InChI=1S/C18H20N4O3/c19-18(24)22-15-3-1-2-13(8-15)9-21-17(23)14-6-7-16(20-10-14)25-11-12-4-5-12/h1-3,6-8,10,12H,4-5,9,11H2,(H,21,23)(H3,19,22,24). The van der Waals surface area contributed by atoms with Crippen molar-refractivity contribution in [3.63, 3.8) is 0 Å². The van der Waals surface area contributed by atoms with Crippen molar-refractivity contribution in [2.45, 2.75) is 19.4 Å². The van der Waals surface area contributed by atoms with E-state index in [9.17, 15) is 9.59 Å². The van der Waals surface area contributed by atoms with Gasteiger partial charge in [-0.2, -0.15) is 0 Å². The maximum Gasteiger partial charge on any atom is 0.316 e. The fourth-order valence-corrected chi connectivity index (χ4v) is 2.27. The Labute approximate surface area is 145 Å². The molecule has 1 heterocycles. The molecule has 1 fully saturated rings. The van der Waals surface area contributed by atoms with Gasteiger partial charge in [0.05, 0.1) is 12.2 Å². The Morgan fingerprint density at radius 2 is 2.08 bits per heavy atom. The van der Waals surface area contributed by atoms with Crippen LogP contribution < -0.4 is 21.1 Å². The SMILES string of the molecule is NC(=O)Nc1cccc(CNC(=O)c2ccc(OCC3CC3)nc2)c1. The molecule has 7 heteroatoms. The average Bonchev–Trinajstić information content (AvgIpc) is 3.42.